The van der Waals surface area contributed by atoms with Crippen LogP contribution in [0.4, 0.5) is 0 Å². The van der Waals surface area contributed by atoms with Crippen molar-refractivity contribution in [1.29, 1.82) is 0 Å². The van der Waals surface area contributed by atoms with E-state index in [9.17, 15) is 9.90 Å². The first-order valence-electron chi connectivity index (χ1n) is 7.67. The molecule has 0 unspecified atom stereocenters. The monoisotopic (exact) mass is 318 g/mol. The number of carboxylic acids is 1. The second-order valence-corrected chi connectivity index (χ2v) is 5.42. The summed E-state index contributed by atoms with van der Waals surface area (Å²) in [5.74, 6) is -0.227. The fourth-order valence-corrected chi connectivity index (χ4v) is 2.94. The summed E-state index contributed by atoms with van der Waals surface area (Å²) in [4.78, 5) is 20.7. The van der Waals surface area contributed by atoms with Crippen LogP contribution in [0.1, 0.15) is 17.3 Å². The minimum atomic E-state index is -1.01. The highest BCUT2D eigenvalue weighted by atomic mass is 16.5. The van der Waals surface area contributed by atoms with E-state index < -0.39 is 5.97 Å². The van der Waals surface area contributed by atoms with Gasteiger partial charge in [0, 0.05) is 10.8 Å². The summed E-state index contributed by atoms with van der Waals surface area (Å²) in [5, 5.41) is 11.2. The Morgan fingerprint density at radius 2 is 1.75 bits per heavy atom. The average Bonchev–Trinajstić information content (AvgIpc) is 2.59. The van der Waals surface area contributed by atoms with Crippen LogP contribution in [0.15, 0.2) is 48.5 Å². The van der Waals surface area contributed by atoms with E-state index in [-0.39, 0.29) is 5.56 Å². The Bertz CT molecular complexity index is 1110. The standard InChI is InChI=1S/C19H14N2O3/c1-2-24-16-8-4-5-12-11(16)9-10-15-17(12)21-18-13(19(22)23)6-3-7-14(18)20-15/h3-10H,2H2,1H3,(H,22,23). The van der Waals surface area contributed by atoms with E-state index in [1.54, 1.807) is 18.2 Å². The Morgan fingerprint density at radius 3 is 2.54 bits per heavy atom. The van der Waals surface area contributed by atoms with E-state index in [4.69, 9.17) is 4.74 Å². The molecule has 0 spiro atoms. The molecule has 0 aliphatic carbocycles. The van der Waals surface area contributed by atoms with Gasteiger partial charge >= 0.3 is 5.97 Å². The van der Waals surface area contributed by atoms with Gasteiger partial charge in [0.1, 0.15) is 11.3 Å². The summed E-state index contributed by atoms with van der Waals surface area (Å²) in [5.41, 5.74) is 2.52. The highest BCUT2D eigenvalue weighted by Gasteiger charge is 2.13. The zero-order valence-corrected chi connectivity index (χ0v) is 13.0. The number of carbonyl (C=O) groups is 1. The van der Waals surface area contributed by atoms with Crippen molar-refractivity contribution in [2.45, 2.75) is 6.92 Å². The van der Waals surface area contributed by atoms with Crippen LogP contribution < -0.4 is 4.74 Å². The molecule has 1 aromatic heterocycles. The molecule has 0 fully saturated rings. The summed E-state index contributed by atoms with van der Waals surface area (Å²) < 4.78 is 5.68. The number of ether oxygens (including phenoxy) is 1. The van der Waals surface area contributed by atoms with Crippen molar-refractivity contribution < 1.29 is 14.6 Å². The van der Waals surface area contributed by atoms with Crippen molar-refractivity contribution in [1.82, 2.24) is 9.97 Å². The molecule has 0 amide bonds. The first-order valence-corrected chi connectivity index (χ1v) is 7.67. The number of para-hydroxylation sites is 1. The van der Waals surface area contributed by atoms with Gasteiger partial charge in [-0.05, 0) is 37.3 Å². The molecule has 1 heterocycles. The molecule has 4 aromatic rings. The van der Waals surface area contributed by atoms with Crippen molar-refractivity contribution in [3.05, 3.63) is 54.1 Å². The molecule has 118 valence electrons. The lowest BCUT2D eigenvalue weighted by Gasteiger charge is -2.10. The number of hydrogen-bond acceptors (Lipinski definition) is 4. The fraction of sp³-hybridized carbons (Fsp3) is 0.105. The van der Waals surface area contributed by atoms with Crippen molar-refractivity contribution in [2.24, 2.45) is 0 Å². The Labute approximate surface area is 137 Å². The molecule has 24 heavy (non-hydrogen) atoms. The van der Waals surface area contributed by atoms with E-state index >= 15 is 0 Å². The molecular formula is C19H14N2O3. The Balaban J connectivity index is 2.13. The number of rotatable bonds is 3. The van der Waals surface area contributed by atoms with Gasteiger partial charge in [0.05, 0.1) is 28.7 Å². The third-order valence-electron chi connectivity index (χ3n) is 3.98. The Morgan fingerprint density at radius 1 is 0.958 bits per heavy atom. The topological polar surface area (TPSA) is 72.3 Å². The quantitative estimate of drug-likeness (QED) is 0.456. The van der Waals surface area contributed by atoms with Gasteiger partial charge in [-0.1, -0.05) is 18.2 Å². The van der Waals surface area contributed by atoms with Gasteiger partial charge in [-0.15, -0.1) is 0 Å². The van der Waals surface area contributed by atoms with Gasteiger partial charge in [-0.3, -0.25) is 0 Å². The molecule has 4 rings (SSSR count). The van der Waals surface area contributed by atoms with Crippen molar-refractivity contribution in [2.75, 3.05) is 6.61 Å². The van der Waals surface area contributed by atoms with Gasteiger partial charge < -0.3 is 9.84 Å². The van der Waals surface area contributed by atoms with Gasteiger partial charge in [-0.2, -0.15) is 0 Å². The number of aromatic nitrogens is 2. The summed E-state index contributed by atoms with van der Waals surface area (Å²) in [7, 11) is 0. The molecule has 5 heteroatoms. The highest BCUT2D eigenvalue weighted by molar-refractivity contribution is 6.10. The highest BCUT2D eigenvalue weighted by Crippen LogP contribution is 2.31. The number of aromatic carboxylic acids is 1. The first kappa shape index (κ1) is 14.4. The van der Waals surface area contributed by atoms with Gasteiger partial charge in [0.2, 0.25) is 0 Å². The number of hydrogen-bond donors (Lipinski definition) is 1. The summed E-state index contributed by atoms with van der Waals surface area (Å²) in [6.07, 6.45) is 0. The minimum Gasteiger partial charge on any atom is -0.493 e. The molecule has 1 N–H and O–H groups in total. The Kier molecular flexibility index (Phi) is 3.27. The van der Waals surface area contributed by atoms with Crippen molar-refractivity contribution in [3.8, 4) is 5.75 Å². The average molecular weight is 318 g/mol. The molecule has 0 aliphatic heterocycles. The SMILES string of the molecule is CCOc1cccc2c1ccc1nc3cccc(C(=O)O)c3nc12. The predicted molar refractivity (Wildman–Crippen MR) is 92.7 cm³/mol. The maximum absolute atomic E-state index is 11.5. The molecule has 0 atom stereocenters. The molecular weight excluding hydrogens is 304 g/mol. The van der Waals surface area contributed by atoms with Crippen molar-refractivity contribution >= 4 is 38.8 Å². The molecule has 3 aromatic carbocycles. The maximum Gasteiger partial charge on any atom is 0.337 e. The number of benzene rings is 3. The van der Waals surface area contributed by atoms with Crippen LogP contribution in [-0.4, -0.2) is 27.7 Å². The summed E-state index contributed by atoms with van der Waals surface area (Å²) >= 11 is 0. The fourth-order valence-electron chi connectivity index (χ4n) is 2.94. The second kappa shape index (κ2) is 5.45. The van der Waals surface area contributed by atoms with Crippen LogP contribution in [0.5, 0.6) is 5.75 Å². The smallest absolute Gasteiger partial charge is 0.337 e. The van der Waals surface area contributed by atoms with E-state index in [0.29, 0.717) is 23.2 Å². The first-order chi connectivity index (χ1) is 11.7. The zero-order chi connectivity index (χ0) is 16.7. The molecule has 0 radical (unpaired) electrons. The number of fused-ring (bicyclic) bond motifs is 4. The van der Waals surface area contributed by atoms with Gasteiger partial charge in [0.15, 0.2) is 0 Å². The molecule has 0 saturated heterocycles. The van der Waals surface area contributed by atoms with Crippen LogP contribution in [-0.2, 0) is 0 Å². The lowest BCUT2D eigenvalue weighted by atomic mass is 10.1. The largest absolute Gasteiger partial charge is 0.493 e. The van der Waals surface area contributed by atoms with E-state index in [1.807, 2.05) is 37.3 Å². The summed E-state index contributed by atoms with van der Waals surface area (Å²) in [6.45, 7) is 2.51. The molecule has 0 saturated carbocycles. The third-order valence-corrected chi connectivity index (χ3v) is 3.98. The second-order valence-electron chi connectivity index (χ2n) is 5.42. The zero-order valence-electron chi connectivity index (χ0n) is 13.0. The number of nitrogens with zero attached hydrogens (tertiary/aromatic N) is 2. The molecule has 5 nitrogen and oxygen atoms in total. The van der Waals surface area contributed by atoms with E-state index in [0.717, 1.165) is 22.0 Å². The number of carboxylic acid groups (broad SMARTS) is 1. The lowest BCUT2D eigenvalue weighted by molar-refractivity contribution is 0.0699. The van der Waals surface area contributed by atoms with Crippen LogP contribution in [0.3, 0.4) is 0 Å². The predicted octanol–water partition coefficient (Wildman–Crippen LogP) is 4.03. The van der Waals surface area contributed by atoms with Gasteiger partial charge in [-0.25, -0.2) is 14.8 Å². The lowest BCUT2D eigenvalue weighted by Crippen LogP contribution is -2.00. The normalized spacial score (nSPS) is 11.2. The van der Waals surface area contributed by atoms with Gasteiger partial charge in [0.25, 0.3) is 0 Å². The summed E-state index contributed by atoms with van der Waals surface area (Å²) in [6, 6.07) is 14.6. The van der Waals surface area contributed by atoms with Crippen LogP contribution in [0.25, 0.3) is 32.8 Å². The maximum atomic E-state index is 11.5. The van der Waals surface area contributed by atoms with Crippen LogP contribution in [0, 0.1) is 0 Å². The minimum absolute atomic E-state index is 0.153. The molecule has 0 bridgehead atoms. The third kappa shape index (κ3) is 2.13. The van der Waals surface area contributed by atoms with Crippen molar-refractivity contribution in [3.63, 3.8) is 0 Å². The Hall–Kier alpha value is -3.21. The van der Waals surface area contributed by atoms with E-state index in [1.165, 1.54) is 0 Å². The van der Waals surface area contributed by atoms with Crippen LogP contribution in [0.2, 0.25) is 0 Å². The molecule has 0 aliphatic rings. The van der Waals surface area contributed by atoms with E-state index in [2.05, 4.69) is 9.97 Å². The van der Waals surface area contributed by atoms with Crippen LogP contribution >= 0.6 is 0 Å².